The minimum atomic E-state index is 0.0999. The quantitative estimate of drug-likeness (QED) is 0.511. The summed E-state index contributed by atoms with van der Waals surface area (Å²) in [7, 11) is 0. The van der Waals surface area contributed by atoms with Crippen LogP contribution in [0.3, 0.4) is 0 Å². The Kier molecular flexibility index (Phi) is 8.91. The lowest BCUT2D eigenvalue weighted by Gasteiger charge is -2.08. The van der Waals surface area contributed by atoms with E-state index in [1.807, 2.05) is 0 Å². The van der Waals surface area contributed by atoms with Gasteiger partial charge >= 0.3 is 0 Å². The molecule has 2 N–H and O–H groups in total. The van der Waals surface area contributed by atoms with Crippen LogP contribution in [0.1, 0.15) is 19.4 Å². The fraction of sp³-hybridized carbons (Fsp3) is 0.600. The molecule has 0 aliphatic carbocycles. The highest BCUT2D eigenvalue weighted by molar-refractivity contribution is 7.99. The molecule has 0 unspecified atom stereocenters. The number of nitrogens with one attached hydrogen (secondary N) is 1. The fourth-order valence-electron chi connectivity index (χ4n) is 1.59. The minimum Gasteiger partial charge on any atom is -0.394 e. The van der Waals surface area contributed by atoms with Crippen molar-refractivity contribution >= 4 is 11.8 Å². The molecule has 0 spiro atoms. The van der Waals surface area contributed by atoms with Gasteiger partial charge in [0.15, 0.2) is 0 Å². The summed E-state index contributed by atoms with van der Waals surface area (Å²) >= 11 is 1.78. The monoisotopic (exact) mass is 283 g/mol. The van der Waals surface area contributed by atoms with Crippen LogP contribution in [0, 0.1) is 5.92 Å². The molecule has 19 heavy (non-hydrogen) atoms. The van der Waals surface area contributed by atoms with Gasteiger partial charge in [-0.05, 0) is 30.2 Å². The van der Waals surface area contributed by atoms with Crippen molar-refractivity contribution in [3.8, 4) is 0 Å². The maximum Gasteiger partial charge on any atom is 0.0698 e. The van der Waals surface area contributed by atoms with Gasteiger partial charge in [-0.15, -0.1) is 11.8 Å². The third-order valence-electron chi connectivity index (χ3n) is 2.54. The molecule has 3 nitrogen and oxygen atoms in total. The van der Waals surface area contributed by atoms with Crippen molar-refractivity contribution in [3.05, 3.63) is 29.8 Å². The number of thioether (sulfide) groups is 1. The molecule has 0 aliphatic heterocycles. The topological polar surface area (TPSA) is 41.5 Å². The molecular formula is C15H25NO2S. The Bertz CT molecular complexity index is 327. The van der Waals surface area contributed by atoms with E-state index in [4.69, 9.17) is 9.84 Å². The van der Waals surface area contributed by atoms with Gasteiger partial charge in [-0.1, -0.05) is 26.0 Å². The number of hydrogen-bond acceptors (Lipinski definition) is 4. The van der Waals surface area contributed by atoms with Crippen molar-refractivity contribution in [2.45, 2.75) is 25.3 Å². The van der Waals surface area contributed by atoms with Gasteiger partial charge in [0.25, 0.3) is 0 Å². The van der Waals surface area contributed by atoms with E-state index in [0.29, 0.717) is 19.1 Å². The summed E-state index contributed by atoms with van der Waals surface area (Å²) in [4.78, 5) is 1.26. The van der Waals surface area contributed by atoms with Gasteiger partial charge in [-0.2, -0.15) is 0 Å². The van der Waals surface area contributed by atoms with E-state index in [1.165, 1.54) is 10.5 Å². The molecule has 0 heterocycles. The second kappa shape index (κ2) is 10.3. The van der Waals surface area contributed by atoms with Crippen LogP contribution < -0.4 is 5.32 Å². The van der Waals surface area contributed by atoms with Crippen LogP contribution in [0.15, 0.2) is 29.2 Å². The van der Waals surface area contributed by atoms with E-state index < -0.39 is 0 Å². The van der Waals surface area contributed by atoms with Crippen molar-refractivity contribution in [1.82, 2.24) is 5.32 Å². The molecule has 4 heteroatoms. The standard InChI is InChI=1S/C15H25NO2S/c1-13(2)11-16-12-14-3-5-15(6-4-14)19-10-9-18-8-7-17/h3-6,13,16-17H,7-12H2,1-2H3. The molecule has 108 valence electrons. The first-order valence-corrected chi connectivity index (χ1v) is 7.82. The van der Waals surface area contributed by atoms with Gasteiger partial charge in [0.1, 0.15) is 0 Å². The molecule has 0 saturated heterocycles. The van der Waals surface area contributed by atoms with Crippen LogP contribution in [-0.2, 0) is 11.3 Å². The second-order valence-electron chi connectivity index (χ2n) is 4.85. The highest BCUT2D eigenvalue weighted by Gasteiger charge is 1.97. The van der Waals surface area contributed by atoms with Gasteiger partial charge in [-0.25, -0.2) is 0 Å². The molecule has 0 saturated carbocycles. The molecule has 0 aromatic heterocycles. The molecule has 0 bridgehead atoms. The van der Waals surface area contributed by atoms with E-state index in [0.717, 1.165) is 18.8 Å². The van der Waals surface area contributed by atoms with Gasteiger partial charge in [0, 0.05) is 17.2 Å². The fourth-order valence-corrected chi connectivity index (χ4v) is 2.36. The Balaban J connectivity index is 2.19. The van der Waals surface area contributed by atoms with Crippen molar-refractivity contribution in [1.29, 1.82) is 0 Å². The molecule has 0 aliphatic rings. The minimum absolute atomic E-state index is 0.0999. The zero-order valence-electron chi connectivity index (χ0n) is 11.9. The average molecular weight is 283 g/mol. The molecular weight excluding hydrogens is 258 g/mol. The van der Waals surface area contributed by atoms with Crippen LogP contribution in [0.4, 0.5) is 0 Å². The third-order valence-corrected chi connectivity index (χ3v) is 3.51. The Labute approximate surface area is 120 Å². The number of aliphatic hydroxyl groups excluding tert-OH is 1. The van der Waals surface area contributed by atoms with Crippen molar-refractivity contribution in [2.75, 3.05) is 32.1 Å². The Hall–Kier alpha value is -0.550. The van der Waals surface area contributed by atoms with Gasteiger partial charge in [-0.3, -0.25) is 0 Å². The number of benzene rings is 1. The molecule has 1 aromatic rings. The Morgan fingerprint density at radius 3 is 2.58 bits per heavy atom. The molecule has 1 rings (SSSR count). The maximum atomic E-state index is 8.58. The number of rotatable bonds is 10. The zero-order valence-corrected chi connectivity index (χ0v) is 12.7. The van der Waals surface area contributed by atoms with Crippen LogP contribution >= 0.6 is 11.8 Å². The maximum absolute atomic E-state index is 8.58. The third kappa shape index (κ3) is 8.26. The van der Waals surface area contributed by atoms with Gasteiger partial charge < -0.3 is 15.2 Å². The largest absolute Gasteiger partial charge is 0.394 e. The van der Waals surface area contributed by atoms with Crippen LogP contribution in [0.2, 0.25) is 0 Å². The summed E-state index contributed by atoms with van der Waals surface area (Å²) in [6.45, 7) is 7.63. The summed E-state index contributed by atoms with van der Waals surface area (Å²) < 4.78 is 5.22. The van der Waals surface area contributed by atoms with Crippen molar-refractivity contribution in [3.63, 3.8) is 0 Å². The summed E-state index contributed by atoms with van der Waals surface area (Å²) in [6.07, 6.45) is 0. The highest BCUT2D eigenvalue weighted by Crippen LogP contribution is 2.18. The highest BCUT2D eigenvalue weighted by atomic mass is 32.2. The number of aliphatic hydroxyl groups is 1. The lowest BCUT2D eigenvalue weighted by atomic mass is 10.2. The van der Waals surface area contributed by atoms with E-state index in [-0.39, 0.29) is 6.61 Å². The van der Waals surface area contributed by atoms with Gasteiger partial charge in [0.05, 0.1) is 19.8 Å². The van der Waals surface area contributed by atoms with Crippen LogP contribution in [-0.4, -0.2) is 37.2 Å². The Morgan fingerprint density at radius 2 is 1.95 bits per heavy atom. The van der Waals surface area contributed by atoms with E-state index in [2.05, 4.69) is 43.4 Å². The smallest absolute Gasteiger partial charge is 0.0698 e. The van der Waals surface area contributed by atoms with E-state index >= 15 is 0 Å². The first kappa shape index (κ1) is 16.5. The number of hydrogen-bond donors (Lipinski definition) is 2. The number of ether oxygens (including phenoxy) is 1. The summed E-state index contributed by atoms with van der Waals surface area (Å²) in [6, 6.07) is 8.65. The first-order chi connectivity index (χ1) is 9.22. The molecule has 1 aromatic carbocycles. The SMILES string of the molecule is CC(C)CNCc1ccc(SCCOCCO)cc1. The van der Waals surface area contributed by atoms with E-state index in [9.17, 15) is 0 Å². The lowest BCUT2D eigenvalue weighted by molar-refractivity contribution is 0.103. The Morgan fingerprint density at radius 1 is 1.21 bits per heavy atom. The van der Waals surface area contributed by atoms with Crippen molar-refractivity contribution in [2.24, 2.45) is 5.92 Å². The average Bonchev–Trinajstić information content (AvgIpc) is 2.40. The summed E-state index contributed by atoms with van der Waals surface area (Å²) in [5.41, 5.74) is 1.32. The summed E-state index contributed by atoms with van der Waals surface area (Å²) in [5, 5.41) is 12.0. The molecule has 0 amide bonds. The van der Waals surface area contributed by atoms with E-state index in [1.54, 1.807) is 11.8 Å². The predicted octanol–water partition coefficient (Wildman–Crippen LogP) is 2.53. The molecule has 0 atom stereocenters. The van der Waals surface area contributed by atoms with Gasteiger partial charge in [0.2, 0.25) is 0 Å². The normalized spacial score (nSPS) is 11.2. The van der Waals surface area contributed by atoms with Crippen molar-refractivity contribution < 1.29 is 9.84 Å². The molecule has 0 fully saturated rings. The van der Waals surface area contributed by atoms with Crippen LogP contribution in [0.25, 0.3) is 0 Å². The molecule has 0 radical (unpaired) electrons. The van der Waals surface area contributed by atoms with Crippen LogP contribution in [0.5, 0.6) is 0 Å². The zero-order chi connectivity index (χ0) is 13.9. The lowest BCUT2D eigenvalue weighted by Crippen LogP contribution is -2.18. The second-order valence-corrected chi connectivity index (χ2v) is 6.02. The summed E-state index contributed by atoms with van der Waals surface area (Å²) in [5.74, 6) is 1.61. The predicted molar refractivity (Wildman–Crippen MR) is 81.6 cm³/mol. The first-order valence-electron chi connectivity index (χ1n) is 6.83.